The molecule has 19 heavy (non-hydrogen) atoms. The van der Waals surface area contributed by atoms with Crippen LogP contribution in [-0.4, -0.2) is 35.7 Å². The molecule has 1 N–H and O–H groups in total. The van der Waals surface area contributed by atoms with E-state index < -0.39 is 11.5 Å². The fraction of sp³-hybridized carbons (Fsp3) is 0.533. The number of hydrogen-bond donors (Lipinski definition) is 1. The number of benzene rings is 1. The first-order valence-electron chi connectivity index (χ1n) is 6.96. The first-order valence-corrected chi connectivity index (χ1v) is 6.96. The summed E-state index contributed by atoms with van der Waals surface area (Å²) in [4.78, 5) is 14.2. The number of aliphatic carboxylic acids is 1. The van der Waals surface area contributed by atoms with Crippen LogP contribution < -0.4 is 4.74 Å². The zero-order valence-electron chi connectivity index (χ0n) is 11.0. The van der Waals surface area contributed by atoms with Gasteiger partial charge in [0.25, 0.3) is 0 Å². The lowest BCUT2D eigenvalue weighted by molar-refractivity contribution is -0.156. The van der Waals surface area contributed by atoms with Crippen molar-refractivity contribution in [2.75, 3.05) is 19.7 Å². The van der Waals surface area contributed by atoms with Crippen molar-refractivity contribution in [3.63, 3.8) is 0 Å². The molecule has 1 fully saturated rings. The number of likely N-dealkylation sites (tertiary alicyclic amines) is 1. The van der Waals surface area contributed by atoms with Crippen molar-refractivity contribution < 1.29 is 14.6 Å². The van der Waals surface area contributed by atoms with Crippen LogP contribution in [0.2, 0.25) is 0 Å². The highest BCUT2D eigenvalue weighted by atomic mass is 16.5. The van der Waals surface area contributed by atoms with Gasteiger partial charge in [-0.05, 0) is 32.0 Å². The molecule has 4 heteroatoms. The first kappa shape index (κ1) is 12.5. The Morgan fingerprint density at radius 1 is 1.21 bits per heavy atom. The Morgan fingerprint density at radius 3 is 2.68 bits per heavy atom. The zero-order chi connectivity index (χ0) is 13.3. The van der Waals surface area contributed by atoms with Gasteiger partial charge in [0.15, 0.2) is 5.54 Å². The van der Waals surface area contributed by atoms with E-state index >= 15 is 0 Å². The molecule has 102 valence electrons. The van der Waals surface area contributed by atoms with Gasteiger partial charge in [0.1, 0.15) is 5.75 Å². The van der Waals surface area contributed by atoms with Crippen LogP contribution in [0.15, 0.2) is 24.3 Å². The van der Waals surface area contributed by atoms with Crippen LogP contribution in [-0.2, 0) is 10.3 Å². The standard InChI is InChI=1S/C15H19NO3/c17-14(18)15(16-9-4-1-5-10-16)8-11-19-13-7-3-2-6-12(13)15/h2-3,6-7H,1,4-5,8-11H2,(H,17,18). The van der Waals surface area contributed by atoms with E-state index in [9.17, 15) is 9.90 Å². The van der Waals surface area contributed by atoms with Crippen molar-refractivity contribution in [2.45, 2.75) is 31.2 Å². The van der Waals surface area contributed by atoms with E-state index in [0.29, 0.717) is 13.0 Å². The second-order valence-corrected chi connectivity index (χ2v) is 5.31. The lowest BCUT2D eigenvalue weighted by atomic mass is 9.81. The van der Waals surface area contributed by atoms with Crippen molar-refractivity contribution >= 4 is 5.97 Å². The summed E-state index contributed by atoms with van der Waals surface area (Å²) < 4.78 is 5.63. The fourth-order valence-electron chi connectivity index (χ4n) is 3.34. The molecule has 1 saturated heterocycles. The molecule has 0 aromatic heterocycles. The molecule has 0 spiro atoms. The summed E-state index contributed by atoms with van der Waals surface area (Å²) >= 11 is 0. The van der Waals surface area contributed by atoms with Gasteiger partial charge >= 0.3 is 5.97 Å². The molecule has 0 bridgehead atoms. The maximum atomic E-state index is 12.0. The molecule has 1 aromatic rings. The third-order valence-corrected chi connectivity index (χ3v) is 4.30. The second-order valence-electron chi connectivity index (χ2n) is 5.31. The van der Waals surface area contributed by atoms with Gasteiger partial charge in [-0.1, -0.05) is 24.6 Å². The average Bonchev–Trinajstić information content (AvgIpc) is 2.47. The van der Waals surface area contributed by atoms with Crippen molar-refractivity contribution in [2.24, 2.45) is 0 Å². The summed E-state index contributed by atoms with van der Waals surface area (Å²) in [6, 6.07) is 7.56. The lowest BCUT2D eigenvalue weighted by Gasteiger charge is -2.45. The Kier molecular flexibility index (Phi) is 3.19. The van der Waals surface area contributed by atoms with Crippen LogP contribution in [0.3, 0.4) is 0 Å². The van der Waals surface area contributed by atoms with E-state index in [0.717, 1.165) is 37.2 Å². The average molecular weight is 261 g/mol. The third-order valence-electron chi connectivity index (χ3n) is 4.30. The molecule has 0 aliphatic carbocycles. The number of fused-ring (bicyclic) bond motifs is 1. The van der Waals surface area contributed by atoms with E-state index in [1.807, 2.05) is 24.3 Å². The van der Waals surface area contributed by atoms with Crippen LogP contribution in [0.5, 0.6) is 5.75 Å². The number of rotatable bonds is 2. The lowest BCUT2D eigenvalue weighted by Crippen LogP contribution is -2.56. The predicted molar refractivity (Wildman–Crippen MR) is 71.3 cm³/mol. The molecular formula is C15H19NO3. The van der Waals surface area contributed by atoms with Gasteiger partial charge < -0.3 is 9.84 Å². The van der Waals surface area contributed by atoms with Crippen LogP contribution in [0.25, 0.3) is 0 Å². The third kappa shape index (κ3) is 1.91. The normalized spacial score (nSPS) is 27.4. The van der Waals surface area contributed by atoms with Gasteiger partial charge in [-0.15, -0.1) is 0 Å². The van der Waals surface area contributed by atoms with E-state index in [1.54, 1.807) is 0 Å². The number of hydrogen-bond acceptors (Lipinski definition) is 3. The Balaban J connectivity index is 2.08. The summed E-state index contributed by atoms with van der Waals surface area (Å²) in [6.45, 7) is 2.20. The van der Waals surface area contributed by atoms with Crippen molar-refractivity contribution in [3.8, 4) is 5.75 Å². The Labute approximate surface area is 113 Å². The van der Waals surface area contributed by atoms with Crippen LogP contribution in [0.4, 0.5) is 0 Å². The number of para-hydroxylation sites is 1. The molecule has 2 heterocycles. The number of carbonyl (C=O) groups is 1. The maximum absolute atomic E-state index is 12.0. The molecular weight excluding hydrogens is 242 g/mol. The number of nitrogens with zero attached hydrogens (tertiary/aromatic N) is 1. The molecule has 3 rings (SSSR count). The van der Waals surface area contributed by atoms with Crippen molar-refractivity contribution in [1.82, 2.24) is 4.90 Å². The number of ether oxygens (including phenoxy) is 1. The van der Waals surface area contributed by atoms with Gasteiger partial charge in [0.2, 0.25) is 0 Å². The highest BCUT2D eigenvalue weighted by molar-refractivity contribution is 5.82. The number of carboxylic acid groups (broad SMARTS) is 1. The Hall–Kier alpha value is -1.55. The molecule has 0 amide bonds. The molecule has 1 atom stereocenters. The number of piperidine rings is 1. The van der Waals surface area contributed by atoms with E-state index in [4.69, 9.17) is 4.74 Å². The summed E-state index contributed by atoms with van der Waals surface area (Å²) in [5.41, 5.74) is -0.0782. The molecule has 2 aliphatic rings. The Morgan fingerprint density at radius 2 is 1.95 bits per heavy atom. The molecule has 1 unspecified atom stereocenters. The highest BCUT2D eigenvalue weighted by Crippen LogP contribution is 2.42. The summed E-state index contributed by atoms with van der Waals surface area (Å²) in [7, 11) is 0. The van der Waals surface area contributed by atoms with Crippen molar-refractivity contribution in [3.05, 3.63) is 29.8 Å². The van der Waals surface area contributed by atoms with Crippen LogP contribution >= 0.6 is 0 Å². The molecule has 4 nitrogen and oxygen atoms in total. The largest absolute Gasteiger partial charge is 0.493 e. The molecule has 0 saturated carbocycles. The minimum Gasteiger partial charge on any atom is -0.493 e. The topological polar surface area (TPSA) is 49.8 Å². The van der Waals surface area contributed by atoms with Gasteiger partial charge in [0.05, 0.1) is 6.61 Å². The maximum Gasteiger partial charge on any atom is 0.329 e. The monoisotopic (exact) mass is 261 g/mol. The molecule has 0 radical (unpaired) electrons. The SMILES string of the molecule is O=C(O)C1(N2CCCCC2)CCOc2ccccc21. The second kappa shape index (κ2) is 4.85. The molecule has 1 aromatic carbocycles. The van der Waals surface area contributed by atoms with Gasteiger partial charge in [0, 0.05) is 12.0 Å². The molecule has 2 aliphatic heterocycles. The summed E-state index contributed by atoms with van der Waals surface area (Å²) in [5, 5.41) is 9.89. The summed E-state index contributed by atoms with van der Waals surface area (Å²) in [6.07, 6.45) is 3.89. The number of carboxylic acids is 1. The Bertz CT molecular complexity index is 482. The van der Waals surface area contributed by atoms with E-state index in [1.165, 1.54) is 6.42 Å². The van der Waals surface area contributed by atoms with Crippen LogP contribution in [0, 0.1) is 0 Å². The van der Waals surface area contributed by atoms with Gasteiger partial charge in [-0.2, -0.15) is 0 Å². The minimum atomic E-state index is -0.894. The predicted octanol–water partition coefficient (Wildman–Crippen LogP) is 2.23. The zero-order valence-corrected chi connectivity index (χ0v) is 11.0. The fourth-order valence-corrected chi connectivity index (χ4v) is 3.34. The van der Waals surface area contributed by atoms with Crippen molar-refractivity contribution in [1.29, 1.82) is 0 Å². The van der Waals surface area contributed by atoms with E-state index in [2.05, 4.69) is 4.90 Å². The minimum absolute atomic E-state index is 0.472. The highest BCUT2D eigenvalue weighted by Gasteiger charge is 2.49. The van der Waals surface area contributed by atoms with E-state index in [-0.39, 0.29) is 0 Å². The quantitative estimate of drug-likeness (QED) is 0.887. The van der Waals surface area contributed by atoms with Gasteiger partial charge in [-0.3, -0.25) is 4.90 Å². The van der Waals surface area contributed by atoms with Gasteiger partial charge in [-0.25, -0.2) is 4.79 Å². The first-order chi connectivity index (χ1) is 9.25. The smallest absolute Gasteiger partial charge is 0.329 e. The summed E-state index contributed by atoms with van der Waals surface area (Å²) in [5.74, 6) is -0.0214. The van der Waals surface area contributed by atoms with Crippen LogP contribution in [0.1, 0.15) is 31.2 Å².